The van der Waals surface area contributed by atoms with E-state index in [1.54, 1.807) is 7.11 Å². The molecule has 1 aromatic rings. The quantitative estimate of drug-likeness (QED) is 0.404. The minimum absolute atomic E-state index is 0. The summed E-state index contributed by atoms with van der Waals surface area (Å²) < 4.78 is 5.10. The molecule has 0 radical (unpaired) electrons. The first-order chi connectivity index (χ1) is 7.27. The van der Waals surface area contributed by atoms with E-state index in [9.17, 15) is 0 Å². The number of hydrogen-bond donors (Lipinski definition) is 0. The number of ether oxygens (including phenoxy) is 1. The van der Waals surface area contributed by atoms with Gasteiger partial charge in [0.15, 0.2) is 0 Å². The van der Waals surface area contributed by atoms with Gasteiger partial charge in [-0.2, -0.15) is 0 Å². The summed E-state index contributed by atoms with van der Waals surface area (Å²) in [6, 6.07) is 8.26. The van der Waals surface area contributed by atoms with E-state index in [4.69, 9.17) is 16.3 Å². The van der Waals surface area contributed by atoms with Crippen molar-refractivity contribution in [3.63, 3.8) is 0 Å². The number of hydrogen-bond acceptors (Lipinski definition) is 1. The summed E-state index contributed by atoms with van der Waals surface area (Å²) in [6.45, 7) is 2.92. The van der Waals surface area contributed by atoms with E-state index >= 15 is 0 Å². The van der Waals surface area contributed by atoms with Gasteiger partial charge in [0.05, 0.1) is 7.11 Å². The van der Waals surface area contributed by atoms with Gasteiger partial charge in [0, 0.05) is 5.88 Å². The maximum atomic E-state index is 5.59. The zero-order valence-corrected chi connectivity index (χ0v) is 11.0. The Morgan fingerprint density at radius 1 is 1.31 bits per heavy atom. The molecule has 0 aromatic heterocycles. The van der Waals surface area contributed by atoms with Crippen molar-refractivity contribution in [1.82, 2.24) is 0 Å². The smallest absolute Gasteiger partial charge is 0.656 e. The molecule has 0 spiro atoms. The molecule has 1 atom stereocenters. The van der Waals surface area contributed by atoms with E-state index in [1.165, 1.54) is 5.56 Å². The first kappa shape index (κ1) is 15.9. The molecule has 0 aliphatic heterocycles. The summed E-state index contributed by atoms with van der Waals surface area (Å²) in [4.78, 5) is 0. The summed E-state index contributed by atoms with van der Waals surface area (Å²) in [5.41, 5.74) is 1.21. The van der Waals surface area contributed by atoms with Gasteiger partial charge in [-0.15, -0.1) is 24.2 Å². The van der Waals surface area contributed by atoms with Crippen LogP contribution in [0.1, 0.15) is 24.9 Å². The van der Waals surface area contributed by atoms with E-state index in [0.29, 0.717) is 5.88 Å². The van der Waals surface area contributed by atoms with Crippen LogP contribution in [0.25, 0.3) is 5.32 Å². The maximum absolute atomic E-state index is 5.59. The van der Waals surface area contributed by atoms with Crippen LogP contribution in [0.5, 0.6) is 5.75 Å². The van der Waals surface area contributed by atoms with Crippen LogP contribution in [0.2, 0.25) is 0 Å². The normalized spacial score (nSPS) is 11.7. The van der Waals surface area contributed by atoms with E-state index in [0.717, 1.165) is 18.7 Å². The van der Waals surface area contributed by atoms with Crippen molar-refractivity contribution < 1.29 is 23.6 Å². The third kappa shape index (κ3) is 5.27. The topological polar surface area (TPSA) is 23.3 Å². The predicted octanol–water partition coefficient (Wildman–Crippen LogP) is 0.763. The number of alkyl halides is 1. The molecular weight excluding hydrogens is 217 g/mol. The zero-order chi connectivity index (χ0) is 11.1. The van der Waals surface area contributed by atoms with Gasteiger partial charge < -0.3 is 10.1 Å². The Morgan fingerprint density at radius 2 is 1.94 bits per heavy atom. The van der Waals surface area contributed by atoms with Crippen molar-refractivity contribution in [2.24, 2.45) is 0 Å². The molecule has 4 heteroatoms. The number of benzene rings is 1. The summed E-state index contributed by atoms with van der Waals surface area (Å²) in [7, 11) is 1.67. The molecule has 0 unspecified atom stereocenters. The molecule has 16 heavy (non-hydrogen) atoms. The van der Waals surface area contributed by atoms with Gasteiger partial charge in [0.2, 0.25) is 0 Å². The average molecular weight is 234 g/mol. The van der Waals surface area contributed by atoms with Crippen molar-refractivity contribution >= 4 is 11.6 Å². The Balaban J connectivity index is 0.00000225. The van der Waals surface area contributed by atoms with Crippen LogP contribution in [0.15, 0.2) is 24.3 Å². The van der Waals surface area contributed by atoms with E-state index in [1.807, 2.05) is 24.3 Å². The molecule has 0 heterocycles. The van der Waals surface area contributed by atoms with Gasteiger partial charge in [0.1, 0.15) is 5.75 Å². The minimum atomic E-state index is 0. The van der Waals surface area contributed by atoms with E-state index in [2.05, 4.69) is 12.2 Å². The Bertz CT molecular complexity index is 279. The summed E-state index contributed by atoms with van der Waals surface area (Å²) in [5, 5.41) is 4.51. The Kier molecular flexibility index (Phi) is 8.88. The molecule has 0 aliphatic rings. The average Bonchev–Trinajstić information content (AvgIpc) is 2.29. The van der Waals surface area contributed by atoms with Crippen LogP contribution >= 0.6 is 11.6 Å². The Hall–Kier alpha value is -0.133. The van der Waals surface area contributed by atoms with Gasteiger partial charge in [-0.05, 0) is 12.1 Å². The van der Waals surface area contributed by atoms with Gasteiger partial charge in [-0.25, -0.2) is 0 Å². The van der Waals surface area contributed by atoms with Gasteiger partial charge in [0.25, 0.3) is 0 Å². The summed E-state index contributed by atoms with van der Waals surface area (Å²) >= 11 is 5.59. The molecule has 1 rings (SSSR count). The van der Waals surface area contributed by atoms with Crippen molar-refractivity contribution in [3.8, 4) is 5.75 Å². The van der Waals surface area contributed by atoms with E-state index in [-0.39, 0.29) is 24.9 Å². The fourth-order valence-corrected chi connectivity index (χ4v) is 1.45. The maximum Gasteiger partial charge on any atom is 1.00 e. The van der Waals surface area contributed by atoms with E-state index < -0.39 is 0 Å². The molecule has 2 nitrogen and oxygen atoms in total. The van der Waals surface area contributed by atoms with Crippen LogP contribution in [0.3, 0.4) is 0 Å². The molecule has 0 N–H and O–H groups in total. The van der Waals surface area contributed by atoms with Crippen LogP contribution in [-0.4, -0.2) is 19.5 Å². The SMILES string of the molecule is COc1ccc([C@@H](C)[N-]CCCCl)cc1.[Li+]. The summed E-state index contributed by atoms with van der Waals surface area (Å²) in [6.07, 6.45) is 0.946. The van der Waals surface area contributed by atoms with Crippen molar-refractivity contribution in [2.75, 3.05) is 19.5 Å². The monoisotopic (exact) mass is 233 g/mol. The molecule has 84 valence electrons. The van der Waals surface area contributed by atoms with Gasteiger partial charge in [-0.3, -0.25) is 0 Å². The first-order valence-corrected chi connectivity index (χ1v) is 5.68. The van der Waals surface area contributed by atoms with Crippen molar-refractivity contribution in [1.29, 1.82) is 0 Å². The second-order valence-corrected chi connectivity index (χ2v) is 3.78. The number of rotatable bonds is 6. The Labute approximate surface area is 115 Å². The molecule has 0 bridgehead atoms. The fourth-order valence-electron chi connectivity index (χ4n) is 1.33. The third-order valence-electron chi connectivity index (χ3n) is 2.29. The minimum Gasteiger partial charge on any atom is -0.656 e. The third-order valence-corrected chi connectivity index (χ3v) is 2.56. The molecule has 0 aliphatic carbocycles. The largest absolute Gasteiger partial charge is 1.00 e. The number of methoxy groups -OCH3 is 1. The van der Waals surface area contributed by atoms with Gasteiger partial charge >= 0.3 is 18.9 Å². The number of nitrogens with zero attached hydrogens (tertiary/aromatic N) is 1. The number of halogens is 1. The standard InChI is InChI=1S/C12H17ClNO.Li/c1-10(14-9-3-8-13)11-4-6-12(15-2)7-5-11;/h4-7,10H,3,8-9H2,1-2H3;/q-1;+1/t10-;/m1./s1. The molecule has 0 saturated carbocycles. The Morgan fingerprint density at radius 3 is 2.44 bits per heavy atom. The van der Waals surface area contributed by atoms with Crippen molar-refractivity contribution in [2.45, 2.75) is 19.4 Å². The second kappa shape index (κ2) is 8.96. The molecular formula is C12H17ClLiNO. The molecule has 0 fully saturated rings. The zero-order valence-electron chi connectivity index (χ0n) is 10.2. The van der Waals surface area contributed by atoms with Crippen LogP contribution in [0, 0.1) is 0 Å². The first-order valence-electron chi connectivity index (χ1n) is 5.14. The molecule has 0 saturated heterocycles. The van der Waals surface area contributed by atoms with Crippen molar-refractivity contribution in [3.05, 3.63) is 35.1 Å². The molecule has 1 aromatic carbocycles. The van der Waals surface area contributed by atoms with Crippen LogP contribution in [-0.2, 0) is 0 Å². The molecule has 0 amide bonds. The van der Waals surface area contributed by atoms with Crippen LogP contribution in [0.4, 0.5) is 0 Å². The summed E-state index contributed by atoms with van der Waals surface area (Å²) in [5.74, 6) is 1.56. The fraction of sp³-hybridized carbons (Fsp3) is 0.500. The predicted molar refractivity (Wildman–Crippen MR) is 65.0 cm³/mol. The van der Waals surface area contributed by atoms with Crippen LogP contribution < -0.4 is 23.6 Å². The second-order valence-electron chi connectivity index (χ2n) is 3.40. The van der Waals surface area contributed by atoms with Gasteiger partial charge in [-0.1, -0.05) is 31.0 Å².